The van der Waals surface area contributed by atoms with E-state index >= 15 is 4.39 Å². The number of amidine groups is 1. The molecule has 0 amide bonds. The number of ether oxygens (including phenoxy) is 1. The molecule has 8 nitrogen and oxygen atoms in total. The zero-order valence-corrected chi connectivity index (χ0v) is 22.4. The first-order valence-electron chi connectivity index (χ1n) is 13.3. The van der Waals surface area contributed by atoms with Crippen LogP contribution < -0.4 is 19.9 Å². The van der Waals surface area contributed by atoms with Gasteiger partial charge in [-0.05, 0) is 44.1 Å². The maximum atomic E-state index is 15.4. The molecule has 40 heavy (non-hydrogen) atoms. The van der Waals surface area contributed by atoms with E-state index in [-0.39, 0.29) is 17.3 Å². The summed E-state index contributed by atoms with van der Waals surface area (Å²) in [5.74, 6) is 0.342. The van der Waals surface area contributed by atoms with Crippen molar-refractivity contribution in [2.24, 2.45) is 4.99 Å². The molecule has 0 spiro atoms. The van der Waals surface area contributed by atoms with E-state index in [4.69, 9.17) is 4.74 Å². The van der Waals surface area contributed by atoms with Crippen LogP contribution >= 0.6 is 0 Å². The summed E-state index contributed by atoms with van der Waals surface area (Å²) >= 11 is 0. The second-order valence-electron chi connectivity index (χ2n) is 9.95. The van der Waals surface area contributed by atoms with Crippen LogP contribution in [0, 0.1) is 11.6 Å². The fraction of sp³-hybridized carbons (Fsp3) is 0.267. The van der Waals surface area contributed by atoms with E-state index in [0.717, 1.165) is 36.0 Å². The Bertz CT molecular complexity index is 1560. The Kier molecular flexibility index (Phi) is 6.98. The molecule has 0 atom stereocenters. The molecule has 3 aliphatic rings. The number of nitrogens with one attached hydrogen (secondary N) is 1. The lowest BCUT2D eigenvalue weighted by molar-refractivity contribution is 0.406. The lowest BCUT2D eigenvalue weighted by Gasteiger charge is -2.36. The fourth-order valence-electron chi connectivity index (χ4n) is 5.14. The highest BCUT2D eigenvalue weighted by molar-refractivity contribution is 6.05. The average molecular weight is 542 g/mol. The summed E-state index contributed by atoms with van der Waals surface area (Å²) in [6.45, 7) is 7.35. The number of fused-ring (bicyclic) bond motifs is 1. The van der Waals surface area contributed by atoms with E-state index in [0.29, 0.717) is 49.1 Å². The van der Waals surface area contributed by atoms with Gasteiger partial charge in [0.2, 0.25) is 0 Å². The number of rotatable bonds is 6. The SMILES string of the molecule is C/C=C/C1=CC(Nc2cc(N3CCN(c4ccncc4)CC3)nc(Oc3cc(F)c4c(c3F)C=C(C)C4)n2)=NC1. The molecule has 0 bridgehead atoms. The number of allylic oxidation sites excluding steroid dienone is 2. The summed E-state index contributed by atoms with van der Waals surface area (Å²) in [5, 5.41) is 3.23. The Balaban J connectivity index is 1.29. The molecule has 1 N–H and O–H groups in total. The summed E-state index contributed by atoms with van der Waals surface area (Å²) < 4.78 is 36.0. The quantitative estimate of drug-likeness (QED) is 0.438. The molecule has 1 saturated heterocycles. The van der Waals surface area contributed by atoms with E-state index in [9.17, 15) is 4.39 Å². The highest BCUT2D eigenvalue weighted by Gasteiger charge is 2.25. The third kappa shape index (κ3) is 5.29. The first-order valence-corrected chi connectivity index (χ1v) is 13.3. The summed E-state index contributed by atoms with van der Waals surface area (Å²) in [6, 6.07) is 6.81. The van der Waals surface area contributed by atoms with Gasteiger partial charge in [-0.1, -0.05) is 23.8 Å². The van der Waals surface area contributed by atoms with Crippen molar-refractivity contribution in [2.75, 3.05) is 47.8 Å². The van der Waals surface area contributed by atoms with Crippen LogP contribution in [-0.2, 0) is 6.42 Å². The van der Waals surface area contributed by atoms with Crippen molar-refractivity contribution < 1.29 is 13.5 Å². The maximum Gasteiger partial charge on any atom is 0.326 e. The molecule has 10 heteroatoms. The van der Waals surface area contributed by atoms with Gasteiger partial charge in [0, 0.05) is 67.5 Å². The molecule has 3 aromatic rings. The number of hydrogen-bond donors (Lipinski definition) is 1. The summed E-state index contributed by atoms with van der Waals surface area (Å²) in [5.41, 5.74) is 3.64. The van der Waals surface area contributed by atoms with Gasteiger partial charge in [0.25, 0.3) is 0 Å². The van der Waals surface area contributed by atoms with Gasteiger partial charge < -0.3 is 19.9 Å². The third-order valence-corrected chi connectivity index (χ3v) is 7.09. The Hall–Kier alpha value is -4.60. The molecule has 1 aliphatic carbocycles. The van der Waals surface area contributed by atoms with Crippen LogP contribution in [0.15, 0.2) is 71.0 Å². The van der Waals surface area contributed by atoms with Crippen molar-refractivity contribution in [1.29, 1.82) is 0 Å². The second-order valence-corrected chi connectivity index (χ2v) is 9.95. The predicted octanol–water partition coefficient (Wildman–Crippen LogP) is 5.55. The molecule has 1 fully saturated rings. The minimum Gasteiger partial charge on any atom is -0.421 e. The molecular weight excluding hydrogens is 512 g/mol. The summed E-state index contributed by atoms with van der Waals surface area (Å²) in [7, 11) is 0. The van der Waals surface area contributed by atoms with Crippen LogP contribution in [0.3, 0.4) is 0 Å². The third-order valence-electron chi connectivity index (χ3n) is 7.09. The Morgan fingerprint density at radius 3 is 2.55 bits per heavy atom. The minimum atomic E-state index is -0.623. The Morgan fingerprint density at radius 1 is 1.00 bits per heavy atom. The lowest BCUT2D eigenvalue weighted by atomic mass is 10.1. The Morgan fingerprint density at radius 2 is 1.77 bits per heavy atom. The molecule has 6 rings (SSSR count). The second kappa shape index (κ2) is 10.9. The van der Waals surface area contributed by atoms with Crippen molar-refractivity contribution in [2.45, 2.75) is 20.3 Å². The highest BCUT2D eigenvalue weighted by Crippen LogP contribution is 2.36. The van der Waals surface area contributed by atoms with Crippen LogP contribution in [0.2, 0.25) is 0 Å². The minimum absolute atomic E-state index is 0.0789. The van der Waals surface area contributed by atoms with Gasteiger partial charge in [-0.15, -0.1) is 0 Å². The number of benzene rings is 1. The van der Waals surface area contributed by atoms with E-state index in [1.165, 1.54) is 0 Å². The van der Waals surface area contributed by atoms with Crippen molar-refractivity contribution in [3.8, 4) is 11.8 Å². The van der Waals surface area contributed by atoms with Gasteiger partial charge in [0.15, 0.2) is 11.6 Å². The summed E-state index contributed by atoms with van der Waals surface area (Å²) in [4.78, 5) is 22.1. The van der Waals surface area contributed by atoms with Gasteiger partial charge in [0.05, 0.1) is 6.54 Å². The lowest BCUT2D eigenvalue weighted by Crippen LogP contribution is -2.46. The first-order chi connectivity index (χ1) is 19.5. The number of nitrogens with zero attached hydrogens (tertiary/aromatic N) is 6. The van der Waals surface area contributed by atoms with Gasteiger partial charge in [-0.3, -0.25) is 9.98 Å². The molecule has 0 unspecified atom stereocenters. The molecular formula is C30H29F2N7O. The molecule has 4 heterocycles. The molecule has 0 radical (unpaired) electrons. The smallest absolute Gasteiger partial charge is 0.326 e. The molecule has 1 aromatic carbocycles. The van der Waals surface area contributed by atoms with Gasteiger partial charge in [0.1, 0.15) is 23.3 Å². The molecule has 2 aliphatic heterocycles. The number of hydrogen-bond acceptors (Lipinski definition) is 8. The zero-order valence-electron chi connectivity index (χ0n) is 22.4. The maximum absolute atomic E-state index is 15.4. The number of piperazine rings is 1. The summed E-state index contributed by atoms with van der Waals surface area (Å²) in [6.07, 6.45) is 11.5. The normalized spacial score (nSPS) is 16.6. The number of anilines is 3. The van der Waals surface area contributed by atoms with Crippen LogP contribution in [0.25, 0.3) is 6.08 Å². The predicted molar refractivity (Wildman–Crippen MR) is 153 cm³/mol. The van der Waals surface area contributed by atoms with Crippen LogP contribution in [-0.4, -0.2) is 53.5 Å². The number of pyridine rings is 1. The molecule has 2 aromatic heterocycles. The molecule has 0 saturated carbocycles. The van der Waals surface area contributed by atoms with Crippen molar-refractivity contribution in [3.05, 3.63) is 88.8 Å². The van der Waals surface area contributed by atoms with Crippen molar-refractivity contribution in [3.63, 3.8) is 0 Å². The topological polar surface area (TPSA) is 78.8 Å². The first kappa shape index (κ1) is 25.7. The van der Waals surface area contributed by atoms with Crippen molar-refractivity contribution in [1.82, 2.24) is 15.0 Å². The number of aliphatic imine (C=N–C) groups is 1. The van der Waals surface area contributed by atoms with E-state index in [1.807, 2.05) is 50.3 Å². The highest BCUT2D eigenvalue weighted by atomic mass is 19.1. The van der Waals surface area contributed by atoms with Gasteiger partial charge in [-0.25, -0.2) is 8.78 Å². The van der Waals surface area contributed by atoms with Crippen molar-refractivity contribution >= 4 is 29.2 Å². The Labute approximate surface area is 231 Å². The fourth-order valence-corrected chi connectivity index (χ4v) is 5.14. The van der Waals surface area contributed by atoms with Gasteiger partial charge >= 0.3 is 6.01 Å². The van der Waals surface area contributed by atoms with E-state index < -0.39 is 11.6 Å². The zero-order chi connectivity index (χ0) is 27.6. The monoisotopic (exact) mass is 541 g/mol. The van der Waals surface area contributed by atoms with Crippen LogP contribution in [0.1, 0.15) is 25.0 Å². The largest absolute Gasteiger partial charge is 0.421 e. The van der Waals surface area contributed by atoms with E-state index in [2.05, 4.69) is 35.1 Å². The van der Waals surface area contributed by atoms with E-state index in [1.54, 1.807) is 18.5 Å². The molecule has 204 valence electrons. The number of halogens is 2. The van der Waals surface area contributed by atoms with Gasteiger partial charge in [-0.2, -0.15) is 9.97 Å². The van der Waals surface area contributed by atoms with Crippen LogP contribution in [0.5, 0.6) is 11.8 Å². The standard InChI is InChI=1S/C30H29F2N7O/c1-3-4-20-15-26(34-18-20)35-27-17-28(39-11-9-38(10-12-39)21-5-7-33-8-6-21)37-30(36-27)40-25-16-24(31)22-13-19(2)14-23(22)29(25)32/h3-8,14-17H,9-13,18H2,1-2H3,(H,34,35,36,37)/b4-3+. The van der Waals surface area contributed by atoms with Crippen LogP contribution in [0.4, 0.5) is 26.1 Å². The average Bonchev–Trinajstić information content (AvgIpc) is 3.58. The number of aromatic nitrogens is 3.